The fraction of sp³-hybridized carbons (Fsp3) is 0.150. The van der Waals surface area contributed by atoms with Crippen LogP contribution in [0.25, 0.3) is 0 Å². The number of benzene rings is 2. The van der Waals surface area contributed by atoms with E-state index in [1.807, 2.05) is 48.5 Å². The van der Waals surface area contributed by atoms with Gasteiger partial charge in [-0.05, 0) is 42.0 Å². The van der Waals surface area contributed by atoms with E-state index in [-0.39, 0.29) is 4.90 Å². The van der Waals surface area contributed by atoms with Crippen molar-refractivity contribution in [2.24, 2.45) is 0 Å². The molecule has 0 fully saturated rings. The molecule has 27 heavy (non-hydrogen) atoms. The lowest BCUT2D eigenvalue weighted by molar-refractivity contribution is 0.379. The molecule has 7 heteroatoms. The zero-order valence-corrected chi connectivity index (χ0v) is 15.9. The predicted molar refractivity (Wildman–Crippen MR) is 104 cm³/mol. The summed E-state index contributed by atoms with van der Waals surface area (Å²) in [5, 5.41) is 3.07. The second kappa shape index (κ2) is 8.09. The van der Waals surface area contributed by atoms with E-state index in [4.69, 9.17) is 9.47 Å². The Morgan fingerprint density at radius 2 is 1.67 bits per heavy atom. The largest absolute Gasteiger partial charge is 0.493 e. The third kappa shape index (κ3) is 4.77. The van der Waals surface area contributed by atoms with Gasteiger partial charge in [-0.15, -0.1) is 0 Å². The zero-order valence-electron chi connectivity index (χ0n) is 15.0. The van der Waals surface area contributed by atoms with Crippen molar-refractivity contribution in [2.75, 3.05) is 18.7 Å². The number of aromatic nitrogens is 1. The molecule has 0 atom stereocenters. The second-order valence-electron chi connectivity index (χ2n) is 5.87. The molecule has 140 valence electrons. The normalized spacial score (nSPS) is 11.0. The average molecular weight is 384 g/mol. The van der Waals surface area contributed by atoms with Gasteiger partial charge >= 0.3 is 0 Å². The van der Waals surface area contributed by atoms with Crippen molar-refractivity contribution in [3.8, 4) is 17.2 Å². The number of pyridine rings is 1. The van der Waals surface area contributed by atoms with Crippen molar-refractivity contribution in [1.82, 2.24) is 4.98 Å². The number of hydrogen-bond acceptors (Lipinski definition) is 6. The molecule has 0 aliphatic carbocycles. The molecule has 2 aromatic carbocycles. The summed E-state index contributed by atoms with van der Waals surface area (Å²) in [6, 6.07) is 18.1. The lowest BCUT2D eigenvalue weighted by atomic mass is 10.2. The second-order valence-corrected chi connectivity index (χ2v) is 7.86. The van der Waals surface area contributed by atoms with Crippen LogP contribution in [0, 0.1) is 0 Å². The van der Waals surface area contributed by atoms with Crippen LogP contribution in [0.4, 0.5) is 5.82 Å². The van der Waals surface area contributed by atoms with E-state index in [1.54, 1.807) is 19.4 Å². The Balaban J connectivity index is 1.69. The zero-order chi connectivity index (χ0) is 19.3. The summed E-state index contributed by atoms with van der Waals surface area (Å²) in [6.45, 7) is 0.439. The van der Waals surface area contributed by atoms with Crippen molar-refractivity contribution in [3.05, 3.63) is 72.4 Å². The Kier molecular flexibility index (Phi) is 5.61. The average Bonchev–Trinajstić information content (AvgIpc) is 2.67. The SMILES string of the molecule is COc1ccccc1Oc1ccc(CNc2ncccc2S(C)(=O)=O)cc1. The topological polar surface area (TPSA) is 77.5 Å². The van der Waals surface area contributed by atoms with E-state index in [0.29, 0.717) is 29.6 Å². The number of sulfone groups is 1. The van der Waals surface area contributed by atoms with Crippen molar-refractivity contribution >= 4 is 15.7 Å². The summed E-state index contributed by atoms with van der Waals surface area (Å²) in [5.74, 6) is 2.32. The summed E-state index contributed by atoms with van der Waals surface area (Å²) >= 11 is 0. The first-order valence-electron chi connectivity index (χ1n) is 8.26. The van der Waals surface area contributed by atoms with Crippen molar-refractivity contribution in [3.63, 3.8) is 0 Å². The van der Waals surface area contributed by atoms with Crippen molar-refractivity contribution < 1.29 is 17.9 Å². The van der Waals surface area contributed by atoms with Crippen LogP contribution in [0.2, 0.25) is 0 Å². The molecular formula is C20H20N2O4S. The molecule has 3 rings (SSSR count). The predicted octanol–water partition coefficient (Wildman–Crippen LogP) is 3.90. The summed E-state index contributed by atoms with van der Waals surface area (Å²) in [6.07, 6.45) is 2.72. The van der Waals surface area contributed by atoms with Gasteiger partial charge in [0.25, 0.3) is 0 Å². The van der Waals surface area contributed by atoms with Crippen LogP contribution in [0.5, 0.6) is 17.2 Å². The van der Waals surface area contributed by atoms with Crippen LogP contribution >= 0.6 is 0 Å². The standard InChI is InChI=1S/C20H20N2O4S/c1-25-17-6-3-4-7-18(17)26-16-11-9-15(10-12-16)14-22-20-19(27(2,23)24)8-5-13-21-20/h3-13H,14H2,1-2H3,(H,21,22). The minimum absolute atomic E-state index is 0.182. The van der Waals surface area contributed by atoms with Crippen molar-refractivity contribution in [2.45, 2.75) is 11.4 Å². The molecule has 0 saturated heterocycles. The van der Waals surface area contributed by atoms with Gasteiger partial charge in [0.15, 0.2) is 21.3 Å². The summed E-state index contributed by atoms with van der Waals surface area (Å²) in [4.78, 5) is 4.31. The van der Waals surface area contributed by atoms with E-state index in [2.05, 4.69) is 10.3 Å². The van der Waals surface area contributed by atoms with Gasteiger partial charge in [0.2, 0.25) is 0 Å². The number of rotatable bonds is 7. The monoisotopic (exact) mass is 384 g/mol. The molecule has 0 amide bonds. The Morgan fingerprint density at radius 1 is 0.963 bits per heavy atom. The maximum absolute atomic E-state index is 11.8. The van der Waals surface area contributed by atoms with Crippen LogP contribution < -0.4 is 14.8 Å². The van der Waals surface area contributed by atoms with Crippen LogP contribution in [0.15, 0.2) is 71.8 Å². The molecule has 1 N–H and O–H groups in total. The summed E-state index contributed by atoms with van der Waals surface area (Å²) in [7, 11) is -1.75. The number of nitrogens with zero attached hydrogens (tertiary/aromatic N) is 1. The first-order chi connectivity index (χ1) is 13.0. The smallest absolute Gasteiger partial charge is 0.179 e. The Labute approximate surface area is 158 Å². The Morgan fingerprint density at radius 3 is 2.33 bits per heavy atom. The molecule has 6 nitrogen and oxygen atoms in total. The minimum Gasteiger partial charge on any atom is -0.493 e. The van der Waals surface area contributed by atoms with E-state index in [0.717, 1.165) is 5.56 Å². The quantitative estimate of drug-likeness (QED) is 0.666. The molecule has 1 heterocycles. The maximum Gasteiger partial charge on any atom is 0.179 e. The third-order valence-corrected chi connectivity index (χ3v) is 4.98. The lowest BCUT2D eigenvalue weighted by Gasteiger charge is -2.11. The lowest BCUT2D eigenvalue weighted by Crippen LogP contribution is -2.07. The molecule has 0 bridgehead atoms. The van der Waals surface area contributed by atoms with E-state index in [1.165, 1.54) is 12.3 Å². The summed E-state index contributed by atoms with van der Waals surface area (Å²) < 4.78 is 34.8. The molecule has 0 aliphatic heterocycles. The molecule has 1 aromatic heterocycles. The number of ether oxygens (including phenoxy) is 2. The van der Waals surface area contributed by atoms with Crippen LogP contribution in [0.3, 0.4) is 0 Å². The molecule has 0 radical (unpaired) electrons. The first kappa shape index (κ1) is 18.7. The van der Waals surface area contributed by atoms with E-state index >= 15 is 0 Å². The number of nitrogens with one attached hydrogen (secondary N) is 1. The molecule has 0 spiro atoms. The molecule has 0 saturated carbocycles. The first-order valence-corrected chi connectivity index (χ1v) is 10.2. The van der Waals surface area contributed by atoms with Crippen LogP contribution in [-0.4, -0.2) is 26.8 Å². The fourth-order valence-corrected chi connectivity index (χ4v) is 3.32. The van der Waals surface area contributed by atoms with Gasteiger partial charge in [-0.1, -0.05) is 24.3 Å². The van der Waals surface area contributed by atoms with Gasteiger partial charge < -0.3 is 14.8 Å². The van der Waals surface area contributed by atoms with Crippen molar-refractivity contribution in [1.29, 1.82) is 0 Å². The molecule has 3 aromatic rings. The summed E-state index contributed by atoms with van der Waals surface area (Å²) in [5.41, 5.74) is 0.965. The van der Waals surface area contributed by atoms with E-state index in [9.17, 15) is 8.42 Å². The maximum atomic E-state index is 11.8. The molecular weight excluding hydrogens is 364 g/mol. The highest BCUT2D eigenvalue weighted by Crippen LogP contribution is 2.31. The highest BCUT2D eigenvalue weighted by atomic mass is 32.2. The van der Waals surface area contributed by atoms with Gasteiger partial charge in [0.1, 0.15) is 16.5 Å². The van der Waals surface area contributed by atoms with E-state index < -0.39 is 9.84 Å². The van der Waals surface area contributed by atoms with Crippen LogP contribution in [-0.2, 0) is 16.4 Å². The number of anilines is 1. The van der Waals surface area contributed by atoms with Crippen LogP contribution in [0.1, 0.15) is 5.56 Å². The molecule has 0 aliphatic rings. The van der Waals surface area contributed by atoms with Gasteiger partial charge in [0.05, 0.1) is 7.11 Å². The van der Waals surface area contributed by atoms with Gasteiger partial charge in [-0.2, -0.15) is 0 Å². The number of para-hydroxylation sites is 2. The fourth-order valence-electron chi connectivity index (χ4n) is 2.51. The number of hydrogen-bond donors (Lipinski definition) is 1. The van der Waals surface area contributed by atoms with Gasteiger partial charge in [0, 0.05) is 19.0 Å². The van der Waals surface area contributed by atoms with Gasteiger partial charge in [-0.3, -0.25) is 0 Å². The highest BCUT2D eigenvalue weighted by molar-refractivity contribution is 7.90. The Bertz CT molecular complexity index is 1020. The Hall–Kier alpha value is -3.06. The molecule has 0 unspecified atom stereocenters. The highest BCUT2D eigenvalue weighted by Gasteiger charge is 2.13. The number of methoxy groups -OCH3 is 1. The minimum atomic E-state index is -3.34. The third-order valence-electron chi connectivity index (χ3n) is 3.85. The van der Waals surface area contributed by atoms with Gasteiger partial charge in [-0.25, -0.2) is 13.4 Å².